The number of fused-ring (bicyclic) bond motifs is 3. The van der Waals surface area contributed by atoms with Gasteiger partial charge in [0.15, 0.2) is 0 Å². The zero-order valence-corrected chi connectivity index (χ0v) is 13.4. The molecular formula is C19H16N3O2-. The van der Waals surface area contributed by atoms with Crippen molar-refractivity contribution in [3.8, 4) is 11.3 Å². The third-order valence-electron chi connectivity index (χ3n) is 4.39. The number of anilines is 1. The van der Waals surface area contributed by atoms with Crippen LogP contribution in [0.15, 0.2) is 48.5 Å². The molecule has 2 aromatic carbocycles. The Morgan fingerprint density at radius 3 is 2.62 bits per heavy atom. The lowest BCUT2D eigenvalue weighted by Gasteiger charge is -2.30. The summed E-state index contributed by atoms with van der Waals surface area (Å²) in [6.07, 6.45) is -0.182. The van der Waals surface area contributed by atoms with Crippen LogP contribution in [0, 0.1) is 13.8 Å². The van der Waals surface area contributed by atoms with Crippen molar-refractivity contribution in [3.63, 3.8) is 0 Å². The van der Waals surface area contributed by atoms with Gasteiger partial charge in [-0.1, -0.05) is 42.5 Å². The molecule has 0 bridgehead atoms. The Balaban J connectivity index is 1.85. The number of nitrogens with zero attached hydrogens (tertiary/aromatic N) is 2. The first-order valence-electron chi connectivity index (χ1n) is 7.78. The maximum Gasteiger partial charge on any atom is 0.147 e. The Hall–Kier alpha value is -3.08. The van der Waals surface area contributed by atoms with Crippen molar-refractivity contribution in [1.82, 2.24) is 9.78 Å². The second kappa shape index (κ2) is 5.23. The summed E-state index contributed by atoms with van der Waals surface area (Å²) in [5, 5.41) is 19.1. The van der Waals surface area contributed by atoms with Crippen LogP contribution in [0.3, 0.4) is 0 Å². The maximum atomic E-state index is 11.0. The Labute approximate surface area is 139 Å². The zero-order chi connectivity index (χ0) is 16.8. The summed E-state index contributed by atoms with van der Waals surface area (Å²) in [7, 11) is 0. The monoisotopic (exact) mass is 318 g/mol. The van der Waals surface area contributed by atoms with Crippen molar-refractivity contribution >= 4 is 11.7 Å². The molecule has 1 aromatic heterocycles. The first-order chi connectivity index (χ1) is 11.5. The topological polar surface area (TPSA) is 70.0 Å². The third kappa shape index (κ3) is 2.17. The minimum Gasteiger partial charge on any atom is -0.545 e. The average molecular weight is 318 g/mol. The molecule has 1 aliphatic rings. The number of carbonyl (C=O) groups is 1. The molecule has 2 heterocycles. The molecule has 24 heavy (non-hydrogen) atoms. The van der Waals surface area contributed by atoms with E-state index in [0.29, 0.717) is 0 Å². The lowest BCUT2D eigenvalue weighted by atomic mass is 10.00. The average Bonchev–Trinajstić information content (AvgIpc) is 2.96. The van der Waals surface area contributed by atoms with Gasteiger partial charge >= 0.3 is 0 Å². The van der Waals surface area contributed by atoms with Gasteiger partial charge in [-0.05, 0) is 36.6 Å². The number of aromatic nitrogens is 2. The fourth-order valence-corrected chi connectivity index (χ4v) is 3.21. The minimum atomic E-state index is -1.17. The molecule has 4 rings (SSSR count). The number of carbonyl (C=O) groups excluding carboxylic acids is 1. The predicted molar refractivity (Wildman–Crippen MR) is 89.7 cm³/mol. The van der Waals surface area contributed by atoms with Crippen molar-refractivity contribution < 1.29 is 9.90 Å². The number of rotatable bonds is 2. The Morgan fingerprint density at radius 1 is 1.17 bits per heavy atom. The van der Waals surface area contributed by atoms with Crippen molar-refractivity contribution in [2.75, 3.05) is 5.32 Å². The van der Waals surface area contributed by atoms with Crippen molar-refractivity contribution in [1.29, 1.82) is 0 Å². The van der Waals surface area contributed by atoms with Crippen LogP contribution in [0.5, 0.6) is 0 Å². The molecule has 1 N–H and O–H groups in total. The Kier molecular flexibility index (Phi) is 3.16. The van der Waals surface area contributed by atoms with E-state index in [9.17, 15) is 9.90 Å². The van der Waals surface area contributed by atoms with Crippen LogP contribution in [0.1, 0.15) is 33.3 Å². The molecule has 0 fully saturated rings. The van der Waals surface area contributed by atoms with E-state index in [1.165, 1.54) is 0 Å². The number of aryl methyl sites for hydroxylation is 2. The molecule has 0 unspecified atom stereocenters. The van der Waals surface area contributed by atoms with Gasteiger partial charge in [-0.3, -0.25) is 0 Å². The quantitative estimate of drug-likeness (QED) is 0.788. The van der Waals surface area contributed by atoms with E-state index in [2.05, 4.69) is 35.5 Å². The Bertz CT molecular complexity index is 942. The molecule has 5 nitrogen and oxygen atoms in total. The van der Waals surface area contributed by atoms with Crippen LogP contribution in [0.4, 0.5) is 5.69 Å². The lowest BCUT2D eigenvalue weighted by molar-refractivity contribution is -0.255. The smallest absolute Gasteiger partial charge is 0.147 e. The van der Waals surface area contributed by atoms with E-state index < -0.39 is 5.97 Å². The molecule has 0 spiro atoms. The predicted octanol–water partition coefficient (Wildman–Crippen LogP) is 2.50. The number of carboxylic acid groups (broad SMARTS) is 1. The second-order valence-corrected chi connectivity index (χ2v) is 6.07. The molecule has 0 radical (unpaired) electrons. The number of hydrogen-bond donors (Lipinski definition) is 1. The highest BCUT2D eigenvalue weighted by molar-refractivity contribution is 5.86. The highest BCUT2D eigenvalue weighted by Gasteiger charge is 2.27. The summed E-state index contributed by atoms with van der Waals surface area (Å²) in [4.78, 5) is 11.0. The van der Waals surface area contributed by atoms with E-state index in [1.807, 2.05) is 17.7 Å². The van der Waals surface area contributed by atoms with Crippen LogP contribution < -0.4 is 10.4 Å². The highest BCUT2D eigenvalue weighted by Crippen LogP contribution is 2.40. The van der Waals surface area contributed by atoms with Crippen LogP contribution in [0.2, 0.25) is 0 Å². The van der Waals surface area contributed by atoms with Crippen LogP contribution in [-0.2, 0) is 0 Å². The van der Waals surface area contributed by atoms with Crippen LogP contribution in [0.25, 0.3) is 11.3 Å². The largest absolute Gasteiger partial charge is 0.545 e. The van der Waals surface area contributed by atoms with E-state index in [-0.39, 0.29) is 11.7 Å². The van der Waals surface area contributed by atoms with Gasteiger partial charge in [-0.25, -0.2) is 4.68 Å². The van der Waals surface area contributed by atoms with Gasteiger partial charge in [0, 0.05) is 11.3 Å². The molecule has 0 saturated heterocycles. The summed E-state index contributed by atoms with van der Waals surface area (Å²) < 4.78 is 1.95. The van der Waals surface area contributed by atoms with Crippen molar-refractivity contribution in [2.24, 2.45) is 0 Å². The molecule has 3 aromatic rings. The van der Waals surface area contributed by atoms with Crippen LogP contribution >= 0.6 is 0 Å². The number of nitrogens with one attached hydrogen (secondary N) is 1. The highest BCUT2D eigenvalue weighted by atomic mass is 16.4. The number of carboxylic acids is 1. The van der Waals surface area contributed by atoms with Gasteiger partial charge in [0.25, 0.3) is 0 Å². The van der Waals surface area contributed by atoms with Gasteiger partial charge in [-0.15, -0.1) is 0 Å². The summed E-state index contributed by atoms with van der Waals surface area (Å²) in [5.74, 6) is -1.17. The molecule has 5 heteroatoms. The minimum absolute atomic E-state index is 0.169. The van der Waals surface area contributed by atoms with Gasteiger partial charge in [-0.2, -0.15) is 5.10 Å². The van der Waals surface area contributed by atoms with E-state index in [1.54, 1.807) is 24.3 Å². The Morgan fingerprint density at radius 2 is 1.92 bits per heavy atom. The third-order valence-corrected chi connectivity index (χ3v) is 4.39. The molecule has 120 valence electrons. The van der Waals surface area contributed by atoms with Crippen molar-refractivity contribution in [3.05, 3.63) is 70.9 Å². The van der Waals surface area contributed by atoms with E-state index in [0.717, 1.165) is 33.8 Å². The van der Waals surface area contributed by atoms with Gasteiger partial charge in [0.05, 0.1) is 17.4 Å². The summed E-state index contributed by atoms with van der Waals surface area (Å²) >= 11 is 0. The summed E-state index contributed by atoms with van der Waals surface area (Å²) in [6, 6.07) is 15.0. The molecule has 1 atom stereocenters. The number of para-hydroxylation sites is 1. The maximum absolute atomic E-state index is 11.0. The van der Waals surface area contributed by atoms with E-state index in [4.69, 9.17) is 0 Å². The molecule has 0 aliphatic carbocycles. The molecular weight excluding hydrogens is 302 g/mol. The lowest BCUT2D eigenvalue weighted by Crippen LogP contribution is -2.26. The molecule has 1 aliphatic heterocycles. The molecule has 0 saturated carbocycles. The van der Waals surface area contributed by atoms with Crippen LogP contribution in [-0.4, -0.2) is 15.7 Å². The second-order valence-electron chi connectivity index (χ2n) is 6.07. The normalized spacial score (nSPS) is 15.3. The first-order valence-corrected chi connectivity index (χ1v) is 7.78. The standard InChI is InChI=1S/C19H17N3O2/c1-11-4-3-5-15-16-10-12(2)21-22(16)18(20-17(11)15)13-6-8-14(9-7-13)19(23)24/h3-10,18,20H,1-2H3,(H,23,24)/p-1/t18-/m1/s1. The summed E-state index contributed by atoms with van der Waals surface area (Å²) in [6.45, 7) is 4.04. The SMILES string of the molecule is Cc1cc2n(n1)[C@H](c1ccc(C(=O)[O-])cc1)Nc1c(C)cccc1-2. The fourth-order valence-electron chi connectivity index (χ4n) is 3.21. The molecule has 0 amide bonds. The number of aromatic carboxylic acids is 1. The van der Waals surface area contributed by atoms with Gasteiger partial charge in [0.1, 0.15) is 6.17 Å². The number of benzene rings is 2. The fraction of sp³-hybridized carbons (Fsp3) is 0.158. The number of hydrogen-bond acceptors (Lipinski definition) is 4. The van der Waals surface area contributed by atoms with E-state index >= 15 is 0 Å². The first kappa shape index (κ1) is 14.5. The van der Waals surface area contributed by atoms with Gasteiger partial charge in [0.2, 0.25) is 0 Å². The van der Waals surface area contributed by atoms with Gasteiger partial charge < -0.3 is 15.2 Å². The zero-order valence-electron chi connectivity index (χ0n) is 13.4. The van der Waals surface area contributed by atoms with Crippen molar-refractivity contribution in [2.45, 2.75) is 20.0 Å². The summed E-state index contributed by atoms with van der Waals surface area (Å²) in [5.41, 5.74) is 6.48.